The Labute approximate surface area is 179 Å². The maximum atomic E-state index is 4.50. The summed E-state index contributed by atoms with van der Waals surface area (Å²) in [5.41, 5.74) is 8.52. The monoisotopic (exact) mass is 392 g/mol. The molecule has 158 valence electrons. The fraction of sp³-hybridized carbons (Fsp3) is 0.519. The van der Waals surface area contributed by atoms with E-state index in [1.807, 2.05) is 12.3 Å². The van der Waals surface area contributed by atoms with E-state index in [0.717, 1.165) is 25.0 Å². The molecule has 1 aliphatic carbocycles. The lowest BCUT2D eigenvalue weighted by atomic mass is 9.94. The molecule has 0 aliphatic heterocycles. The number of hydrogen-bond acceptors (Lipinski definition) is 2. The molecule has 0 atom stereocenters. The average Bonchev–Trinajstić information content (AvgIpc) is 2.97. The largest absolute Gasteiger partial charge is 0.351 e. The highest BCUT2D eigenvalue weighted by atomic mass is 15.1. The first-order chi connectivity index (χ1) is 14.0. The van der Waals surface area contributed by atoms with Crippen LogP contribution in [0.5, 0.6) is 0 Å². The van der Waals surface area contributed by atoms with E-state index in [2.05, 4.69) is 75.5 Å². The van der Waals surface area contributed by atoms with Crippen LogP contribution in [0.25, 0.3) is 0 Å². The topological polar surface area (TPSA) is 16.1 Å². The fourth-order valence-electron chi connectivity index (χ4n) is 4.67. The molecule has 0 radical (unpaired) electrons. The van der Waals surface area contributed by atoms with Gasteiger partial charge in [0.05, 0.1) is 0 Å². The molecule has 1 aliphatic rings. The van der Waals surface area contributed by atoms with Crippen LogP contribution in [0.3, 0.4) is 0 Å². The number of nitrogens with zero attached hydrogens (tertiary/aromatic N) is 2. The highest BCUT2D eigenvalue weighted by Crippen LogP contribution is 2.35. The van der Waals surface area contributed by atoms with E-state index in [0.29, 0.717) is 5.92 Å². The van der Waals surface area contributed by atoms with Crippen LogP contribution in [0.1, 0.15) is 78.3 Å². The normalized spacial score (nSPS) is 19.0. The minimum absolute atomic E-state index is 0.443. The van der Waals surface area contributed by atoms with E-state index >= 15 is 0 Å². The Morgan fingerprint density at radius 1 is 1.21 bits per heavy atom. The van der Waals surface area contributed by atoms with Crippen molar-refractivity contribution in [3.8, 4) is 0 Å². The van der Waals surface area contributed by atoms with E-state index < -0.39 is 0 Å². The number of hydrogen-bond donors (Lipinski definition) is 0. The van der Waals surface area contributed by atoms with Crippen molar-refractivity contribution in [3.63, 3.8) is 0 Å². The van der Waals surface area contributed by atoms with Gasteiger partial charge in [-0.3, -0.25) is 4.98 Å². The van der Waals surface area contributed by atoms with Crippen molar-refractivity contribution in [1.29, 1.82) is 0 Å². The van der Waals surface area contributed by atoms with Crippen LogP contribution in [-0.4, -0.2) is 16.9 Å². The molecule has 1 aromatic heterocycles. The predicted molar refractivity (Wildman–Crippen MR) is 127 cm³/mol. The van der Waals surface area contributed by atoms with Gasteiger partial charge in [0, 0.05) is 30.3 Å². The van der Waals surface area contributed by atoms with Gasteiger partial charge in [-0.2, -0.15) is 0 Å². The van der Waals surface area contributed by atoms with Crippen molar-refractivity contribution in [1.82, 2.24) is 9.88 Å². The van der Waals surface area contributed by atoms with Gasteiger partial charge in [-0.05, 0) is 86.6 Å². The van der Waals surface area contributed by atoms with Crippen molar-refractivity contribution in [3.05, 3.63) is 76.9 Å². The number of aromatic nitrogens is 1. The molecule has 1 aromatic rings. The SMILES string of the molecule is C=C/C(CCc1ccccn1)=C(/C(C)C)N(C)/C(CC)=C1/CCCCC/C1=C\C. The minimum Gasteiger partial charge on any atom is -0.351 e. The molecule has 2 rings (SSSR count). The van der Waals surface area contributed by atoms with E-state index in [-0.39, 0.29) is 0 Å². The van der Waals surface area contributed by atoms with Gasteiger partial charge in [-0.1, -0.05) is 52.0 Å². The molecular weight excluding hydrogens is 352 g/mol. The lowest BCUT2D eigenvalue weighted by molar-refractivity contribution is 0.427. The second-order valence-corrected chi connectivity index (χ2v) is 8.30. The standard InChI is InChI=1S/C27H40N2/c1-7-22-15-11-10-12-17-25(22)26(9-3)29(6)27(21(4)5)23(8-2)18-19-24-16-13-14-20-28-24/h7-8,13-14,16,20-21H,2,9-12,15,17-19H2,1,3-6H3/b22-7+,26-25-,27-23+. The number of rotatable bonds is 8. The Balaban J connectivity index is 2.43. The summed E-state index contributed by atoms with van der Waals surface area (Å²) in [4.78, 5) is 6.99. The lowest BCUT2D eigenvalue weighted by Crippen LogP contribution is -2.24. The summed E-state index contributed by atoms with van der Waals surface area (Å²) in [5.74, 6) is 0.443. The van der Waals surface area contributed by atoms with E-state index in [9.17, 15) is 0 Å². The molecule has 1 fully saturated rings. The molecule has 2 nitrogen and oxygen atoms in total. The summed E-state index contributed by atoms with van der Waals surface area (Å²) < 4.78 is 0. The Kier molecular flexibility index (Phi) is 9.44. The van der Waals surface area contributed by atoms with Crippen molar-refractivity contribution in [2.24, 2.45) is 5.92 Å². The quantitative estimate of drug-likeness (QED) is 0.334. The van der Waals surface area contributed by atoms with Gasteiger partial charge in [0.1, 0.15) is 0 Å². The van der Waals surface area contributed by atoms with Gasteiger partial charge >= 0.3 is 0 Å². The van der Waals surface area contributed by atoms with E-state index in [1.165, 1.54) is 49.1 Å². The fourth-order valence-corrected chi connectivity index (χ4v) is 4.67. The third-order valence-corrected chi connectivity index (χ3v) is 6.06. The maximum absolute atomic E-state index is 4.50. The zero-order valence-electron chi connectivity index (χ0n) is 19.3. The molecule has 0 saturated heterocycles. The molecule has 1 saturated carbocycles. The number of aryl methyl sites for hydroxylation is 1. The first-order valence-electron chi connectivity index (χ1n) is 11.4. The van der Waals surface area contributed by atoms with Crippen LogP contribution in [-0.2, 0) is 6.42 Å². The summed E-state index contributed by atoms with van der Waals surface area (Å²) in [6.45, 7) is 13.3. The first kappa shape index (κ1) is 23.2. The zero-order chi connectivity index (χ0) is 21.2. The molecule has 0 amide bonds. The highest BCUT2D eigenvalue weighted by molar-refractivity contribution is 5.38. The van der Waals surface area contributed by atoms with Crippen LogP contribution in [0.2, 0.25) is 0 Å². The Bertz CT molecular complexity index is 750. The lowest BCUT2D eigenvalue weighted by Gasteiger charge is -2.32. The third-order valence-electron chi connectivity index (χ3n) is 6.06. The maximum Gasteiger partial charge on any atom is 0.0406 e. The number of allylic oxidation sites excluding steroid dienone is 7. The minimum atomic E-state index is 0.443. The molecule has 29 heavy (non-hydrogen) atoms. The Hall–Kier alpha value is -2.09. The summed E-state index contributed by atoms with van der Waals surface area (Å²) in [6.07, 6.45) is 15.7. The van der Waals surface area contributed by atoms with Gasteiger partial charge in [0.15, 0.2) is 0 Å². The van der Waals surface area contributed by atoms with Gasteiger partial charge in [0.25, 0.3) is 0 Å². The number of pyridine rings is 1. The molecular formula is C27H40N2. The summed E-state index contributed by atoms with van der Waals surface area (Å²) in [5, 5.41) is 0. The molecule has 2 heteroatoms. The van der Waals surface area contributed by atoms with Crippen LogP contribution < -0.4 is 0 Å². The van der Waals surface area contributed by atoms with Crippen LogP contribution in [0.4, 0.5) is 0 Å². The highest BCUT2D eigenvalue weighted by Gasteiger charge is 2.21. The predicted octanol–water partition coefficient (Wildman–Crippen LogP) is 7.62. The van der Waals surface area contributed by atoms with Gasteiger partial charge < -0.3 is 4.90 Å². The zero-order valence-corrected chi connectivity index (χ0v) is 19.3. The van der Waals surface area contributed by atoms with Gasteiger partial charge in [0.2, 0.25) is 0 Å². The molecule has 0 unspecified atom stereocenters. The van der Waals surface area contributed by atoms with E-state index in [4.69, 9.17) is 0 Å². The second-order valence-electron chi connectivity index (χ2n) is 8.30. The van der Waals surface area contributed by atoms with Crippen molar-refractivity contribution in [2.75, 3.05) is 7.05 Å². The van der Waals surface area contributed by atoms with Crippen molar-refractivity contribution >= 4 is 0 Å². The van der Waals surface area contributed by atoms with Gasteiger partial charge in [-0.15, -0.1) is 0 Å². The summed E-state index contributed by atoms with van der Waals surface area (Å²) in [6, 6.07) is 6.16. The van der Waals surface area contributed by atoms with Crippen LogP contribution >= 0.6 is 0 Å². The van der Waals surface area contributed by atoms with Crippen LogP contribution in [0, 0.1) is 5.92 Å². The molecule has 0 N–H and O–H groups in total. The summed E-state index contributed by atoms with van der Waals surface area (Å²) in [7, 11) is 2.27. The smallest absolute Gasteiger partial charge is 0.0406 e. The molecule has 1 heterocycles. The van der Waals surface area contributed by atoms with Crippen molar-refractivity contribution in [2.45, 2.75) is 79.1 Å². The summed E-state index contributed by atoms with van der Waals surface area (Å²) >= 11 is 0. The van der Waals surface area contributed by atoms with Gasteiger partial charge in [-0.25, -0.2) is 0 Å². The average molecular weight is 393 g/mol. The van der Waals surface area contributed by atoms with E-state index in [1.54, 1.807) is 11.1 Å². The first-order valence-corrected chi connectivity index (χ1v) is 11.4. The molecule has 0 bridgehead atoms. The molecule has 0 spiro atoms. The second kappa shape index (κ2) is 11.8. The third kappa shape index (κ3) is 6.19. The molecule has 0 aromatic carbocycles. The van der Waals surface area contributed by atoms with Crippen LogP contribution in [0.15, 0.2) is 71.2 Å². The van der Waals surface area contributed by atoms with Crippen molar-refractivity contribution < 1.29 is 0 Å². The Morgan fingerprint density at radius 3 is 2.55 bits per heavy atom. The Morgan fingerprint density at radius 2 is 1.97 bits per heavy atom.